The van der Waals surface area contributed by atoms with Gasteiger partial charge in [0.15, 0.2) is 0 Å². The molecule has 0 bridgehead atoms. The Balaban J connectivity index is 2.91. The molecule has 0 aliphatic rings. The predicted molar refractivity (Wildman–Crippen MR) is 46.0 cm³/mol. The van der Waals surface area contributed by atoms with Gasteiger partial charge in [0.05, 0.1) is 5.56 Å². The number of hydrogen-bond donors (Lipinski definition) is 2. The fraction of sp³-hybridized carbons (Fsp3) is 0. The molecule has 11 heavy (non-hydrogen) atoms. The van der Waals surface area contributed by atoms with Crippen LogP contribution in [0, 0.1) is 0 Å². The monoisotopic (exact) mass is 187 g/mol. The summed E-state index contributed by atoms with van der Waals surface area (Å²) in [6.07, 6.45) is 1.31. The van der Waals surface area contributed by atoms with E-state index < -0.39 is 5.97 Å². The predicted octanol–water partition coefficient (Wildman–Crippen LogP) is 1.72. The number of carbonyl (C=O) groups is 1. The summed E-state index contributed by atoms with van der Waals surface area (Å²) in [6.45, 7) is 0. The first-order valence-corrected chi connectivity index (χ1v) is 4.61. The number of hydrogen-bond acceptors (Lipinski definition) is 4. The molecule has 1 aromatic rings. The number of carboxylic acid groups (broad SMARTS) is 1. The lowest BCUT2D eigenvalue weighted by atomic mass is 10.3. The van der Waals surface area contributed by atoms with E-state index in [0.29, 0.717) is 5.03 Å². The number of aromatic carboxylic acids is 1. The van der Waals surface area contributed by atoms with E-state index in [9.17, 15) is 4.79 Å². The van der Waals surface area contributed by atoms with Crippen LogP contribution in [0.2, 0.25) is 0 Å². The van der Waals surface area contributed by atoms with Crippen LogP contribution in [-0.4, -0.2) is 16.1 Å². The molecule has 0 saturated heterocycles. The van der Waals surface area contributed by atoms with Crippen LogP contribution in [0.25, 0.3) is 0 Å². The lowest BCUT2D eigenvalue weighted by Crippen LogP contribution is -1.96. The maximum absolute atomic E-state index is 10.3. The fourth-order valence-electron chi connectivity index (χ4n) is 0.561. The van der Waals surface area contributed by atoms with Gasteiger partial charge < -0.3 is 5.11 Å². The highest BCUT2D eigenvalue weighted by molar-refractivity contribution is 8.68. The van der Waals surface area contributed by atoms with Crippen molar-refractivity contribution in [2.75, 3.05) is 0 Å². The molecule has 1 heterocycles. The van der Waals surface area contributed by atoms with Gasteiger partial charge in [0, 0.05) is 6.20 Å². The Morgan fingerprint density at radius 3 is 2.73 bits per heavy atom. The molecular weight excluding hydrogens is 182 g/mol. The van der Waals surface area contributed by atoms with E-state index in [1.807, 2.05) is 0 Å². The van der Waals surface area contributed by atoms with Gasteiger partial charge in [-0.2, -0.15) is 0 Å². The van der Waals surface area contributed by atoms with Gasteiger partial charge in [0.2, 0.25) is 0 Å². The Kier molecular flexibility index (Phi) is 2.78. The molecule has 0 radical (unpaired) electrons. The second kappa shape index (κ2) is 3.64. The van der Waals surface area contributed by atoms with Gasteiger partial charge in [-0.3, -0.25) is 0 Å². The SMILES string of the molecule is O=C(O)c1ccc(SS)nc1. The molecule has 0 atom stereocenters. The van der Waals surface area contributed by atoms with Crippen LogP contribution < -0.4 is 0 Å². The zero-order valence-electron chi connectivity index (χ0n) is 5.39. The van der Waals surface area contributed by atoms with E-state index >= 15 is 0 Å². The third kappa shape index (κ3) is 2.13. The molecule has 1 N–H and O–H groups in total. The molecule has 0 fully saturated rings. The summed E-state index contributed by atoms with van der Waals surface area (Å²) < 4.78 is 0. The molecular formula is C6H5NO2S2. The molecule has 58 valence electrons. The summed E-state index contributed by atoms with van der Waals surface area (Å²) in [6, 6.07) is 3.11. The molecule has 0 unspecified atom stereocenters. The molecule has 0 saturated carbocycles. The highest BCUT2D eigenvalue weighted by Gasteiger charge is 2.01. The quantitative estimate of drug-likeness (QED) is 0.546. The molecule has 0 spiro atoms. The number of thiol groups is 1. The first-order valence-electron chi connectivity index (χ1n) is 2.75. The zero-order valence-corrected chi connectivity index (χ0v) is 7.10. The van der Waals surface area contributed by atoms with Gasteiger partial charge >= 0.3 is 5.97 Å². The van der Waals surface area contributed by atoms with Crippen molar-refractivity contribution >= 4 is 28.4 Å². The first-order chi connectivity index (χ1) is 5.24. The van der Waals surface area contributed by atoms with E-state index in [1.165, 1.54) is 23.1 Å². The van der Waals surface area contributed by atoms with Crippen molar-refractivity contribution in [1.82, 2.24) is 4.98 Å². The summed E-state index contributed by atoms with van der Waals surface area (Å²) in [7, 11) is 1.18. The highest BCUT2D eigenvalue weighted by Crippen LogP contribution is 2.17. The van der Waals surface area contributed by atoms with Crippen LogP contribution in [0.4, 0.5) is 0 Å². The van der Waals surface area contributed by atoms with Crippen molar-refractivity contribution in [3.05, 3.63) is 23.9 Å². The highest BCUT2D eigenvalue weighted by atomic mass is 33.1. The Labute approximate surface area is 72.6 Å². The van der Waals surface area contributed by atoms with Crippen LogP contribution in [-0.2, 0) is 0 Å². The van der Waals surface area contributed by atoms with E-state index in [1.54, 1.807) is 6.07 Å². The summed E-state index contributed by atoms with van der Waals surface area (Å²) in [5, 5.41) is 9.18. The average Bonchev–Trinajstić information content (AvgIpc) is 2.05. The van der Waals surface area contributed by atoms with Gasteiger partial charge in [-0.25, -0.2) is 9.78 Å². The molecule has 0 aliphatic heterocycles. The smallest absolute Gasteiger partial charge is 0.337 e. The molecule has 1 aromatic heterocycles. The van der Waals surface area contributed by atoms with E-state index in [0.717, 1.165) is 0 Å². The van der Waals surface area contributed by atoms with Crippen LogP contribution in [0.5, 0.6) is 0 Å². The van der Waals surface area contributed by atoms with Crippen molar-refractivity contribution < 1.29 is 9.90 Å². The van der Waals surface area contributed by atoms with Crippen molar-refractivity contribution in [2.24, 2.45) is 0 Å². The fourth-order valence-corrected chi connectivity index (χ4v) is 1.11. The zero-order chi connectivity index (χ0) is 8.27. The number of rotatable bonds is 2. The van der Waals surface area contributed by atoms with E-state index in [2.05, 4.69) is 16.6 Å². The molecule has 0 amide bonds. The van der Waals surface area contributed by atoms with Gasteiger partial charge in [0.25, 0.3) is 0 Å². The van der Waals surface area contributed by atoms with Gasteiger partial charge in [0.1, 0.15) is 5.03 Å². The van der Waals surface area contributed by atoms with Crippen LogP contribution in [0.15, 0.2) is 23.4 Å². The van der Waals surface area contributed by atoms with E-state index in [-0.39, 0.29) is 5.56 Å². The minimum absolute atomic E-state index is 0.191. The Bertz CT molecular complexity index is 260. The van der Waals surface area contributed by atoms with Gasteiger partial charge in [-0.05, 0) is 22.9 Å². The molecule has 3 nitrogen and oxygen atoms in total. The first kappa shape index (κ1) is 8.42. The summed E-state index contributed by atoms with van der Waals surface area (Å²) in [5.41, 5.74) is 0.191. The number of aromatic nitrogens is 1. The number of carboxylic acids is 1. The second-order valence-corrected chi connectivity index (χ2v) is 2.93. The molecule has 5 heteroatoms. The van der Waals surface area contributed by atoms with Crippen molar-refractivity contribution in [1.29, 1.82) is 0 Å². The normalized spacial score (nSPS) is 9.55. The number of nitrogens with zero attached hydrogens (tertiary/aromatic N) is 1. The Morgan fingerprint density at radius 2 is 2.36 bits per heavy atom. The van der Waals surface area contributed by atoms with Gasteiger partial charge in [-0.15, -0.1) is 11.7 Å². The van der Waals surface area contributed by atoms with Crippen LogP contribution >= 0.6 is 22.5 Å². The number of pyridine rings is 1. The average molecular weight is 187 g/mol. The third-order valence-electron chi connectivity index (χ3n) is 1.08. The maximum Gasteiger partial charge on any atom is 0.337 e. The lowest BCUT2D eigenvalue weighted by molar-refractivity contribution is 0.0696. The summed E-state index contributed by atoms with van der Waals surface area (Å²) in [5.74, 6) is -0.965. The summed E-state index contributed by atoms with van der Waals surface area (Å²) in [4.78, 5) is 14.2. The van der Waals surface area contributed by atoms with Crippen LogP contribution in [0.3, 0.4) is 0 Å². The maximum atomic E-state index is 10.3. The lowest BCUT2D eigenvalue weighted by Gasteiger charge is -1.94. The topological polar surface area (TPSA) is 50.2 Å². The summed E-state index contributed by atoms with van der Waals surface area (Å²) >= 11 is 3.90. The largest absolute Gasteiger partial charge is 0.478 e. The minimum Gasteiger partial charge on any atom is -0.478 e. The van der Waals surface area contributed by atoms with Gasteiger partial charge in [-0.1, -0.05) is 0 Å². The second-order valence-electron chi connectivity index (χ2n) is 1.78. The third-order valence-corrected chi connectivity index (χ3v) is 2.07. The minimum atomic E-state index is -0.965. The standard InChI is InChI=1S/C6H5NO2S2/c8-6(9)4-1-2-5(11-10)7-3-4/h1-3,10H,(H,8,9). The molecule has 0 aromatic carbocycles. The molecule has 1 rings (SSSR count). The Morgan fingerprint density at radius 1 is 1.64 bits per heavy atom. The van der Waals surface area contributed by atoms with Crippen LogP contribution in [0.1, 0.15) is 10.4 Å². The van der Waals surface area contributed by atoms with E-state index in [4.69, 9.17) is 5.11 Å². The van der Waals surface area contributed by atoms with Crippen molar-refractivity contribution in [2.45, 2.75) is 5.03 Å². The van der Waals surface area contributed by atoms with Crippen molar-refractivity contribution in [3.8, 4) is 0 Å². The Hall–Kier alpha value is -0.680. The van der Waals surface area contributed by atoms with Crippen molar-refractivity contribution in [3.63, 3.8) is 0 Å². The molecule has 0 aliphatic carbocycles.